The van der Waals surface area contributed by atoms with Gasteiger partial charge < -0.3 is 14.4 Å². The molecule has 162 valence electrons. The second kappa shape index (κ2) is 8.98. The summed E-state index contributed by atoms with van der Waals surface area (Å²) >= 11 is 5.92. The molecule has 3 heterocycles. The molecular formula is C24H21ClN4O3. The predicted molar refractivity (Wildman–Crippen MR) is 124 cm³/mol. The molecule has 0 bridgehead atoms. The van der Waals surface area contributed by atoms with E-state index in [0.717, 1.165) is 22.4 Å². The first-order valence-electron chi connectivity index (χ1n) is 10.4. The fraction of sp³-hybridized carbons (Fsp3) is 0.208. The second-order valence-electron chi connectivity index (χ2n) is 7.49. The summed E-state index contributed by atoms with van der Waals surface area (Å²) in [7, 11) is 0. The quantitative estimate of drug-likeness (QED) is 0.496. The fourth-order valence-electron chi connectivity index (χ4n) is 3.70. The Kier molecular flexibility index (Phi) is 5.75. The van der Waals surface area contributed by atoms with E-state index < -0.39 is 0 Å². The first kappa shape index (κ1) is 20.5. The molecule has 0 saturated carbocycles. The van der Waals surface area contributed by atoms with Gasteiger partial charge in [-0.2, -0.15) is 4.98 Å². The van der Waals surface area contributed by atoms with E-state index in [4.69, 9.17) is 21.1 Å². The lowest BCUT2D eigenvalue weighted by atomic mass is 10.0. The molecule has 1 N–H and O–H groups in total. The van der Waals surface area contributed by atoms with Gasteiger partial charge in [-0.3, -0.25) is 9.78 Å². The first-order chi connectivity index (χ1) is 15.7. The van der Waals surface area contributed by atoms with Crippen molar-refractivity contribution in [3.8, 4) is 16.9 Å². The number of hydrogen-bond donors (Lipinski definition) is 1. The Hall–Kier alpha value is -3.42. The van der Waals surface area contributed by atoms with Gasteiger partial charge in [0.25, 0.3) is 5.56 Å². The first-order valence-corrected chi connectivity index (χ1v) is 10.7. The zero-order valence-corrected chi connectivity index (χ0v) is 18.0. The third kappa shape index (κ3) is 4.30. The summed E-state index contributed by atoms with van der Waals surface area (Å²) in [6.07, 6.45) is 1.68. The number of benzene rings is 2. The molecule has 0 atom stereocenters. The lowest BCUT2D eigenvalue weighted by Gasteiger charge is -2.27. The van der Waals surface area contributed by atoms with Crippen LogP contribution in [0.15, 0.2) is 65.6 Å². The minimum atomic E-state index is -0.206. The molecule has 2 aromatic carbocycles. The topological polar surface area (TPSA) is 80.3 Å². The Balaban J connectivity index is 1.40. The number of H-pyrrole nitrogens is 1. The maximum atomic E-state index is 13.0. The molecule has 0 spiro atoms. The van der Waals surface area contributed by atoms with Crippen LogP contribution in [0.3, 0.4) is 0 Å². The van der Waals surface area contributed by atoms with E-state index in [1.807, 2.05) is 59.5 Å². The lowest BCUT2D eigenvalue weighted by Crippen LogP contribution is -2.38. The highest BCUT2D eigenvalue weighted by Gasteiger charge is 2.17. The summed E-state index contributed by atoms with van der Waals surface area (Å²) in [6.45, 7) is 3.04. The summed E-state index contributed by atoms with van der Waals surface area (Å²) < 4.78 is 11.2. The molecule has 0 aliphatic carbocycles. The van der Waals surface area contributed by atoms with E-state index in [1.54, 1.807) is 6.20 Å². The molecule has 4 aromatic rings. The van der Waals surface area contributed by atoms with Gasteiger partial charge in [0.05, 0.1) is 18.6 Å². The summed E-state index contributed by atoms with van der Waals surface area (Å²) in [4.78, 5) is 26.8. The third-order valence-electron chi connectivity index (χ3n) is 5.39. The van der Waals surface area contributed by atoms with Crippen molar-refractivity contribution in [1.82, 2.24) is 15.0 Å². The molecule has 1 saturated heterocycles. The molecule has 1 fully saturated rings. The van der Waals surface area contributed by atoms with Crippen LogP contribution < -0.4 is 15.2 Å². The van der Waals surface area contributed by atoms with Crippen molar-refractivity contribution in [3.63, 3.8) is 0 Å². The summed E-state index contributed by atoms with van der Waals surface area (Å²) in [5.41, 5.74) is 2.93. The number of rotatable bonds is 5. The zero-order chi connectivity index (χ0) is 21.9. The van der Waals surface area contributed by atoms with Crippen LogP contribution in [0.25, 0.3) is 22.2 Å². The number of halogens is 1. The minimum Gasteiger partial charge on any atom is -0.489 e. The standard InChI is InChI=1S/C24H21ClN4O3/c25-18-5-1-16(2-6-18)15-32-19-7-3-17(4-8-19)20-9-10-26-22-21(20)23(30)28-24(27-22)29-11-13-31-14-12-29/h1-10H,11-15H2,(H,26,27,28,30). The number of aromatic amines is 1. The molecule has 0 amide bonds. The van der Waals surface area contributed by atoms with Crippen molar-refractivity contribution in [1.29, 1.82) is 0 Å². The number of nitrogens with one attached hydrogen (secondary N) is 1. The molecule has 0 unspecified atom stereocenters. The van der Waals surface area contributed by atoms with Crippen LogP contribution in [-0.4, -0.2) is 41.3 Å². The predicted octanol–water partition coefficient (Wildman–Crippen LogP) is 4.05. The molecule has 8 heteroatoms. The largest absolute Gasteiger partial charge is 0.489 e. The SMILES string of the molecule is O=c1[nH]c(N2CCOCC2)nc2nccc(-c3ccc(OCc4ccc(Cl)cc4)cc3)c12. The number of nitrogens with zero attached hydrogens (tertiary/aromatic N) is 3. The molecule has 5 rings (SSSR count). The molecule has 1 aliphatic rings. The van der Waals surface area contributed by atoms with Crippen molar-refractivity contribution in [3.05, 3.63) is 81.7 Å². The van der Waals surface area contributed by atoms with Crippen molar-refractivity contribution in [2.45, 2.75) is 6.61 Å². The summed E-state index contributed by atoms with van der Waals surface area (Å²) in [6, 6.07) is 17.0. The number of anilines is 1. The molecule has 7 nitrogen and oxygen atoms in total. The second-order valence-corrected chi connectivity index (χ2v) is 7.92. The number of pyridine rings is 1. The highest BCUT2D eigenvalue weighted by atomic mass is 35.5. The third-order valence-corrected chi connectivity index (χ3v) is 5.64. The van der Waals surface area contributed by atoms with Gasteiger partial charge in [-0.05, 0) is 47.0 Å². The Labute approximate surface area is 189 Å². The average Bonchev–Trinajstić information content (AvgIpc) is 2.84. The Morgan fingerprint density at radius 2 is 1.78 bits per heavy atom. The average molecular weight is 449 g/mol. The van der Waals surface area contributed by atoms with Gasteiger partial charge in [-0.1, -0.05) is 35.9 Å². The number of aromatic nitrogens is 3. The van der Waals surface area contributed by atoms with Crippen LogP contribution in [0.4, 0.5) is 5.95 Å². The van der Waals surface area contributed by atoms with E-state index in [9.17, 15) is 4.79 Å². The maximum Gasteiger partial charge on any atom is 0.262 e. The normalized spacial score (nSPS) is 14.0. The maximum absolute atomic E-state index is 13.0. The van der Waals surface area contributed by atoms with E-state index in [0.29, 0.717) is 54.9 Å². The number of fused-ring (bicyclic) bond motifs is 1. The number of morpholine rings is 1. The molecule has 32 heavy (non-hydrogen) atoms. The van der Waals surface area contributed by atoms with Gasteiger partial charge in [-0.25, -0.2) is 4.98 Å². The highest BCUT2D eigenvalue weighted by Crippen LogP contribution is 2.27. The van der Waals surface area contributed by atoms with Gasteiger partial charge >= 0.3 is 0 Å². The van der Waals surface area contributed by atoms with Crippen molar-refractivity contribution in [2.75, 3.05) is 31.2 Å². The molecule has 2 aromatic heterocycles. The molecule has 0 radical (unpaired) electrons. The van der Waals surface area contributed by atoms with Gasteiger partial charge in [0, 0.05) is 24.3 Å². The number of hydrogen-bond acceptors (Lipinski definition) is 6. The van der Waals surface area contributed by atoms with Crippen molar-refractivity contribution < 1.29 is 9.47 Å². The van der Waals surface area contributed by atoms with E-state index in [1.165, 1.54) is 0 Å². The Bertz CT molecular complexity index is 1280. The van der Waals surface area contributed by atoms with Crippen molar-refractivity contribution >= 4 is 28.6 Å². The summed E-state index contributed by atoms with van der Waals surface area (Å²) in [5, 5.41) is 1.17. The van der Waals surface area contributed by atoms with Crippen LogP contribution >= 0.6 is 11.6 Å². The smallest absolute Gasteiger partial charge is 0.262 e. The van der Waals surface area contributed by atoms with Gasteiger partial charge in [0.2, 0.25) is 5.95 Å². The van der Waals surface area contributed by atoms with Crippen LogP contribution in [0, 0.1) is 0 Å². The van der Waals surface area contributed by atoms with E-state index >= 15 is 0 Å². The monoisotopic (exact) mass is 448 g/mol. The van der Waals surface area contributed by atoms with Crippen LogP contribution in [0.1, 0.15) is 5.56 Å². The van der Waals surface area contributed by atoms with Gasteiger partial charge in [0.1, 0.15) is 12.4 Å². The minimum absolute atomic E-state index is 0.206. The Morgan fingerprint density at radius 1 is 1.03 bits per heavy atom. The highest BCUT2D eigenvalue weighted by molar-refractivity contribution is 6.30. The van der Waals surface area contributed by atoms with E-state index in [2.05, 4.69) is 15.0 Å². The van der Waals surface area contributed by atoms with Crippen LogP contribution in [0.5, 0.6) is 5.75 Å². The van der Waals surface area contributed by atoms with E-state index in [-0.39, 0.29) is 5.56 Å². The Morgan fingerprint density at radius 3 is 2.53 bits per heavy atom. The zero-order valence-electron chi connectivity index (χ0n) is 17.3. The number of ether oxygens (including phenoxy) is 2. The molecule has 1 aliphatic heterocycles. The molecular weight excluding hydrogens is 428 g/mol. The van der Waals surface area contributed by atoms with Crippen LogP contribution in [0.2, 0.25) is 5.02 Å². The lowest BCUT2D eigenvalue weighted by molar-refractivity contribution is 0.122. The van der Waals surface area contributed by atoms with Gasteiger partial charge in [0.15, 0.2) is 5.65 Å². The summed E-state index contributed by atoms with van der Waals surface area (Å²) in [5.74, 6) is 1.27. The van der Waals surface area contributed by atoms with Crippen LogP contribution in [-0.2, 0) is 11.3 Å². The van der Waals surface area contributed by atoms with Gasteiger partial charge in [-0.15, -0.1) is 0 Å². The van der Waals surface area contributed by atoms with Crippen molar-refractivity contribution in [2.24, 2.45) is 0 Å². The fourth-order valence-corrected chi connectivity index (χ4v) is 3.82.